The van der Waals surface area contributed by atoms with Crippen LogP contribution in [0.5, 0.6) is 0 Å². The molecule has 0 unspecified atom stereocenters. The third-order valence-electron chi connectivity index (χ3n) is 3.90. The summed E-state index contributed by atoms with van der Waals surface area (Å²) < 4.78 is 1.22. The van der Waals surface area contributed by atoms with Crippen molar-refractivity contribution in [1.82, 2.24) is 15.0 Å². The average Bonchev–Trinajstić information content (AvgIpc) is 3.24. The van der Waals surface area contributed by atoms with E-state index in [0.29, 0.717) is 11.7 Å². The van der Waals surface area contributed by atoms with Crippen LogP contribution in [-0.4, -0.2) is 15.0 Å². The highest BCUT2D eigenvalue weighted by Gasteiger charge is 2.28. The molecule has 4 nitrogen and oxygen atoms in total. The molecule has 2 heterocycles. The van der Waals surface area contributed by atoms with Crippen molar-refractivity contribution in [2.45, 2.75) is 32.1 Å². The zero-order valence-corrected chi connectivity index (χ0v) is 12.7. The van der Waals surface area contributed by atoms with Gasteiger partial charge in [-0.05, 0) is 31.9 Å². The minimum Gasteiger partial charge on any atom is -0.383 e. The maximum absolute atomic E-state index is 6.05. The first kappa shape index (κ1) is 12.7. The second-order valence-electron chi connectivity index (χ2n) is 5.57. The number of anilines is 1. The zero-order chi connectivity index (χ0) is 14.4. The smallest absolute Gasteiger partial charge is 0.134 e. The standard InChI is InChI=1S/C16H16N4S/c1-9-12(19-16(10-6-7-10)20-15(9)17)8-14-18-11-4-2-3-5-13(11)21-14/h2-5,10H,6-8H2,1H3,(H2,17,19,20). The summed E-state index contributed by atoms with van der Waals surface area (Å²) in [5, 5.41) is 1.08. The first-order valence-corrected chi connectivity index (χ1v) is 7.99. The van der Waals surface area contributed by atoms with Crippen LogP contribution in [0.2, 0.25) is 0 Å². The molecule has 1 aromatic carbocycles. The van der Waals surface area contributed by atoms with Crippen molar-refractivity contribution >= 4 is 27.4 Å². The molecule has 0 saturated heterocycles. The predicted molar refractivity (Wildman–Crippen MR) is 85.6 cm³/mol. The maximum Gasteiger partial charge on any atom is 0.134 e. The normalized spacial score (nSPS) is 14.7. The highest BCUT2D eigenvalue weighted by molar-refractivity contribution is 7.18. The molecular weight excluding hydrogens is 280 g/mol. The van der Waals surface area contributed by atoms with E-state index in [4.69, 9.17) is 10.7 Å². The fourth-order valence-electron chi connectivity index (χ4n) is 2.44. The van der Waals surface area contributed by atoms with Gasteiger partial charge < -0.3 is 5.73 Å². The zero-order valence-electron chi connectivity index (χ0n) is 11.8. The Morgan fingerprint density at radius 1 is 1.19 bits per heavy atom. The first-order chi connectivity index (χ1) is 10.2. The van der Waals surface area contributed by atoms with Crippen LogP contribution in [-0.2, 0) is 6.42 Å². The van der Waals surface area contributed by atoms with E-state index in [9.17, 15) is 0 Å². The van der Waals surface area contributed by atoms with Crippen LogP contribution in [0.15, 0.2) is 24.3 Å². The number of hydrogen-bond donors (Lipinski definition) is 1. The van der Waals surface area contributed by atoms with E-state index in [2.05, 4.69) is 16.0 Å². The molecule has 1 saturated carbocycles. The van der Waals surface area contributed by atoms with Crippen LogP contribution in [0.1, 0.15) is 40.8 Å². The number of fused-ring (bicyclic) bond motifs is 1. The Morgan fingerprint density at radius 2 is 2.00 bits per heavy atom. The Labute approximate surface area is 127 Å². The Balaban J connectivity index is 1.72. The van der Waals surface area contributed by atoms with Crippen molar-refractivity contribution in [3.63, 3.8) is 0 Å². The number of para-hydroxylation sites is 1. The second kappa shape index (κ2) is 4.77. The molecule has 2 aromatic heterocycles. The van der Waals surface area contributed by atoms with E-state index < -0.39 is 0 Å². The van der Waals surface area contributed by atoms with Crippen molar-refractivity contribution in [3.05, 3.63) is 46.4 Å². The molecule has 106 valence electrons. The van der Waals surface area contributed by atoms with Crippen LogP contribution >= 0.6 is 11.3 Å². The number of nitrogens with zero attached hydrogens (tertiary/aromatic N) is 3. The third kappa shape index (κ3) is 2.38. The topological polar surface area (TPSA) is 64.7 Å². The van der Waals surface area contributed by atoms with Gasteiger partial charge in [-0.3, -0.25) is 0 Å². The molecule has 0 spiro atoms. The largest absolute Gasteiger partial charge is 0.383 e. The summed E-state index contributed by atoms with van der Waals surface area (Å²) in [5.74, 6) is 2.04. The maximum atomic E-state index is 6.05. The van der Waals surface area contributed by atoms with Gasteiger partial charge in [-0.15, -0.1) is 11.3 Å². The van der Waals surface area contributed by atoms with Crippen molar-refractivity contribution in [3.8, 4) is 0 Å². The minimum absolute atomic E-state index is 0.516. The summed E-state index contributed by atoms with van der Waals surface area (Å²) in [5.41, 5.74) is 9.10. The van der Waals surface area contributed by atoms with E-state index in [-0.39, 0.29) is 0 Å². The molecule has 1 aliphatic rings. The third-order valence-corrected chi connectivity index (χ3v) is 4.94. The minimum atomic E-state index is 0.516. The Bertz CT molecular complexity index is 787. The first-order valence-electron chi connectivity index (χ1n) is 7.18. The van der Waals surface area contributed by atoms with Gasteiger partial charge >= 0.3 is 0 Å². The number of thiazole rings is 1. The summed E-state index contributed by atoms with van der Waals surface area (Å²) in [7, 11) is 0. The van der Waals surface area contributed by atoms with Crippen molar-refractivity contribution < 1.29 is 0 Å². The highest BCUT2D eigenvalue weighted by atomic mass is 32.1. The van der Waals surface area contributed by atoms with Gasteiger partial charge in [0, 0.05) is 17.9 Å². The monoisotopic (exact) mass is 296 g/mol. The second-order valence-corrected chi connectivity index (χ2v) is 6.68. The average molecular weight is 296 g/mol. The van der Waals surface area contributed by atoms with Gasteiger partial charge in [-0.25, -0.2) is 15.0 Å². The number of hydrogen-bond acceptors (Lipinski definition) is 5. The fraction of sp³-hybridized carbons (Fsp3) is 0.312. The Morgan fingerprint density at radius 3 is 2.76 bits per heavy atom. The van der Waals surface area contributed by atoms with Gasteiger partial charge in [-0.2, -0.15) is 0 Å². The molecule has 5 heteroatoms. The van der Waals surface area contributed by atoms with Gasteiger partial charge in [-0.1, -0.05) is 12.1 Å². The Kier molecular flexibility index (Phi) is 2.89. The van der Waals surface area contributed by atoms with Crippen LogP contribution in [0.4, 0.5) is 5.82 Å². The SMILES string of the molecule is Cc1c(N)nc(C2CC2)nc1Cc1nc2ccccc2s1. The predicted octanol–water partition coefficient (Wildman–Crippen LogP) is 3.45. The number of nitrogens with two attached hydrogens (primary N) is 1. The molecule has 1 fully saturated rings. The Hall–Kier alpha value is -2.01. The van der Waals surface area contributed by atoms with E-state index in [1.165, 1.54) is 17.5 Å². The fourth-order valence-corrected chi connectivity index (χ4v) is 3.41. The lowest BCUT2D eigenvalue weighted by Crippen LogP contribution is -2.07. The number of rotatable bonds is 3. The molecule has 0 radical (unpaired) electrons. The van der Waals surface area contributed by atoms with Crippen molar-refractivity contribution in [2.75, 3.05) is 5.73 Å². The van der Waals surface area contributed by atoms with Crippen molar-refractivity contribution in [2.24, 2.45) is 0 Å². The molecule has 0 atom stereocenters. The molecule has 21 heavy (non-hydrogen) atoms. The van der Waals surface area contributed by atoms with E-state index in [1.807, 2.05) is 25.1 Å². The van der Waals surface area contributed by atoms with Crippen LogP contribution in [0, 0.1) is 6.92 Å². The van der Waals surface area contributed by atoms with Crippen LogP contribution in [0.3, 0.4) is 0 Å². The summed E-state index contributed by atoms with van der Waals surface area (Å²) >= 11 is 1.72. The molecule has 3 aromatic rings. The molecule has 0 bridgehead atoms. The van der Waals surface area contributed by atoms with Gasteiger partial charge in [0.05, 0.1) is 20.9 Å². The summed E-state index contributed by atoms with van der Waals surface area (Å²) in [4.78, 5) is 13.9. The molecule has 2 N–H and O–H groups in total. The lowest BCUT2D eigenvalue weighted by atomic mass is 10.1. The van der Waals surface area contributed by atoms with E-state index in [1.54, 1.807) is 11.3 Å². The van der Waals surface area contributed by atoms with Crippen molar-refractivity contribution in [1.29, 1.82) is 0 Å². The molecular formula is C16H16N4S. The summed E-state index contributed by atoms with van der Waals surface area (Å²) in [6.07, 6.45) is 3.10. The van der Waals surface area contributed by atoms with Gasteiger partial charge in [0.15, 0.2) is 0 Å². The van der Waals surface area contributed by atoms with Gasteiger partial charge in [0.1, 0.15) is 11.6 Å². The van der Waals surface area contributed by atoms with E-state index >= 15 is 0 Å². The number of nitrogen functional groups attached to an aromatic ring is 1. The lowest BCUT2D eigenvalue weighted by molar-refractivity contribution is 0.878. The van der Waals surface area contributed by atoms with Crippen LogP contribution < -0.4 is 5.73 Å². The molecule has 0 aliphatic heterocycles. The number of aromatic nitrogens is 3. The summed E-state index contributed by atoms with van der Waals surface area (Å²) in [6, 6.07) is 8.22. The van der Waals surface area contributed by atoms with Gasteiger partial charge in [0.25, 0.3) is 0 Å². The highest BCUT2D eigenvalue weighted by Crippen LogP contribution is 2.39. The van der Waals surface area contributed by atoms with Crippen LogP contribution in [0.25, 0.3) is 10.2 Å². The van der Waals surface area contributed by atoms with Gasteiger partial charge in [0.2, 0.25) is 0 Å². The number of benzene rings is 1. The van der Waals surface area contributed by atoms with E-state index in [0.717, 1.165) is 34.0 Å². The quantitative estimate of drug-likeness (QED) is 0.804. The summed E-state index contributed by atoms with van der Waals surface area (Å²) in [6.45, 7) is 1.99. The lowest BCUT2D eigenvalue weighted by Gasteiger charge is -2.08. The molecule has 4 rings (SSSR count). The molecule has 1 aliphatic carbocycles. The molecule has 0 amide bonds.